The van der Waals surface area contributed by atoms with Crippen LogP contribution in [-0.2, 0) is 0 Å². The zero-order valence-corrected chi connectivity index (χ0v) is 18.0. The fourth-order valence-corrected chi connectivity index (χ4v) is 3.55. The minimum absolute atomic E-state index is 0. The molecule has 0 bridgehead atoms. The molecular weight excluding hydrogens is 427 g/mol. The smallest absolute Gasteiger partial charge is 0.193 e. The normalized spacial score (nSPS) is 21.5. The van der Waals surface area contributed by atoms with Crippen molar-refractivity contribution in [1.82, 2.24) is 4.90 Å². The van der Waals surface area contributed by atoms with Crippen molar-refractivity contribution < 1.29 is 4.74 Å². The van der Waals surface area contributed by atoms with Crippen LogP contribution in [0.25, 0.3) is 0 Å². The lowest BCUT2D eigenvalue weighted by molar-refractivity contribution is 0.139. The molecule has 2 atom stereocenters. The van der Waals surface area contributed by atoms with Gasteiger partial charge in [-0.2, -0.15) is 0 Å². The second-order valence-electron chi connectivity index (χ2n) is 7.00. The van der Waals surface area contributed by atoms with E-state index < -0.39 is 0 Å². The van der Waals surface area contributed by atoms with Crippen molar-refractivity contribution in [2.24, 2.45) is 22.6 Å². The average Bonchev–Trinajstić information content (AvgIpc) is 2.54. The van der Waals surface area contributed by atoms with Crippen molar-refractivity contribution in [1.29, 1.82) is 0 Å². The van der Waals surface area contributed by atoms with Crippen LogP contribution in [0.3, 0.4) is 0 Å². The molecule has 1 saturated heterocycles. The van der Waals surface area contributed by atoms with Crippen LogP contribution in [-0.4, -0.2) is 44.1 Å². The maximum atomic E-state index is 5.96. The van der Waals surface area contributed by atoms with E-state index in [4.69, 9.17) is 10.5 Å². The van der Waals surface area contributed by atoms with Crippen molar-refractivity contribution in [3.05, 3.63) is 24.3 Å². The van der Waals surface area contributed by atoms with Crippen molar-refractivity contribution >= 4 is 35.6 Å². The third kappa shape index (κ3) is 7.81. The van der Waals surface area contributed by atoms with Gasteiger partial charge in [-0.3, -0.25) is 4.99 Å². The summed E-state index contributed by atoms with van der Waals surface area (Å²) in [5.41, 5.74) is 6.81. The molecule has 1 aliphatic heterocycles. The molecule has 142 valence electrons. The molecule has 0 radical (unpaired) electrons. The summed E-state index contributed by atoms with van der Waals surface area (Å²) in [6.45, 7) is 9.13. The Morgan fingerprint density at radius 3 is 2.60 bits per heavy atom. The highest BCUT2D eigenvalue weighted by Gasteiger charge is 2.20. The Morgan fingerprint density at radius 1 is 1.24 bits per heavy atom. The molecule has 1 heterocycles. The van der Waals surface area contributed by atoms with Gasteiger partial charge in [-0.15, -0.1) is 24.0 Å². The average molecular weight is 460 g/mol. The molecule has 1 aromatic carbocycles. The van der Waals surface area contributed by atoms with Gasteiger partial charge in [-0.25, -0.2) is 0 Å². The first kappa shape index (κ1) is 22.0. The molecule has 2 rings (SSSR count). The third-order valence-electron chi connectivity index (χ3n) is 4.48. The first-order chi connectivity index (χ1) is 11.6. The van der Waals surface area contributed by atoms with Gasteiger partial charge in [0.05, 0.1) is 12.8 Å². The lowest BCUT2D eigenvalue weighted by atomic mass is 9.92. The predicted molar refractivity (Wildman–Crippen MR) is 117 cm³/mol. The standard InChI is InChI=1S/C19H32N4O.HI/c1-15-12-16(2)14-23(13-15)11-7-6-10-21-19(20)22-17-8-4-5-9-18(17)24-3;/h4-5,8-9,15-16H,6-7,10-14H2,1-3H3,(H3,20,21,22);1H. The summed E-state index contributed by atoms with van der Waals surface area (Å²) in [5, 5.41) is 3.11. The van der Waals surface area contributed by atoms with E-state index in [1.165, 1.54) is 32.5 Å². The molecule has 2 unspecified atom stereocenters. The number of piperidine rings is 1. The molecule has 0 aromatic heterocycles. The number of nitrogens with one attached hydrogen (secondary N) is 1. The van der Waals surface area contributed by atoms with Crippen LogP contribution in [0, 0.1) is 11.8 Å². The van der Waals surface area contributed by atoms with Crippen LogP contribution in [0.5, 0.6) is 5.75 Å². The Bertz CT molecular complexity index is 528. The first-order valence-electron chi connectivity index (χ1n) is 9.00. The minimum Gasteiger partial charge on any atom is -0.495 e. The topological polar surface area (TPSA) is 62.9 Å². The van der Waals surface area contributed by atoms with E-state index in [0.717, 1.165) is 36.2 Å². The number of methoxy groups -OCH3 is 1. The molecule has 1 fully saturated rings. The molecule has 6 heteroatoms. The number of ether oxygens (including phenoxy) is 1. The molecule has 1 aliphatic rings. The molecule has 0 aliphatic carbocycles. The summed E-state index contributed by atoms with van der Waals surface area (Å²) in [4.78, 5) is 7.01. The van der Waals surface area contributed by atoms with E-state index in [1.807, 2.05) is 24.3 Å². The van der Waals surface area contributed by atoms with Gasteiger partial charge in [0, 0.05) is 19.6 Å². The molecule has 0 saturated carbocycles. The van der Waals surface area contributed by atoms with Crippen molar-refractivity contribution in [2.45, 2.75) is 33.1 Å². The Morgan fingerprint density at radius 2 is 1.92 bits per heavy atom. The number of nitrogens with zero attached hydrogens (tertiary/aromatic N) is 2. The van der Waals surface area contributed by atoms with Gasteiger partial charge < -0.3 is 20.7 Å². The second-order valence-corrected chi connectivity index (χ2v) is 7.00. The predicted octanol–water partition coefficient (Wildman–Crippen LogP) is 3.80. The summed E-state index contributed by atoms with van der Waals surface area (Å²) in [6, 6.07) is 7.70. The fraction of sp³-hybridized carbons (Fsp3) is 0.632. The number of aliphatic imine (C=N–C) groups is 1. The molecule has 1 aromatic rings. The number of likely N-dealkylation sites (tertiary alicyclic amines) is 1. The molecular formula is C19H33IN4O. The second kappa shape index (κ2) is 11.6. The highest BCUT2D eigenvalue weighted by Crippen LogP contribution is 2.23. The van der Waals surface area contributed by atoms with Gasteiger partial charge in [0.15, 0.2) is 5.96 Å². The van der Waals surface area contributed by atoms with Gasteiger partial charge in [-0.05, 0) is 49.8 Å². The largest absolute Gasteiger partial charge is 0.495 e. The Kier molecular flexibility index (Phi) is 10.2. The van der Waals surface area contributed by atoms with Crippen LogP contribution < -0.4 is 15.8 Å². The molecule has 3 N–H and O–H groups in total. The number of hydrogen-bond donors (Lipinski definition) is 2. The minimum atomic E-state index is 0. The lowest BCUT2D eigenvalue weighted by Crippen LogP contribution is -2.39. The van der Waals surface area contributed by atoms with Gasteiger partial charge in [0.2, 0.25) is 0 Å². The van der Waals surface area contributed by atoms with Crippen LogP contribution in [0.2, 0.25) is 0 Å². The molecule has 5 nitrogen and oxygen atoms in total. The van der Waals surface area contributed by atoms with Crippen LogP contribution >= 0.6 is 24.0 Å². The summed E-state index contributed by atoms with van der Waals surface area (Å²) >= 11 is 0. The highest BCUT2D eigenvalue weighted by molar-refractivity contribution is 14.0. The van der Waals surface area contributed by atoms with E-state index in [0.29, 0.717) is 5.96 Å². The van der Waals surface area contributed by atoms with Crippen molar-refractivity contribution in [3.8, 4) is 5.75 Å². The Hall–Kier alpha value is -1.02. The van der Waals surface area contributed by atoms with Gasteiger partial charge in [0.25, 0.3) is 0 Å². The Balaban J connectivity index is 0.00000312. The van der Waals surface area contributed by atoms with Gasteiger partial charge >= 0.3 is 0 Å². The summed E-state index contributed by atoms with van der Waals surface area (Å²) < 4.78 is 5.30. The summed E-state index contributed by atoms with van der Waals surface area (Å²) in [7, 11) is 1.65. The zero-order chi connectivity index (χ0) is 17.4. The zero-order valence-electron chi connectivity index (χ0n) is 15.7. The van der Waals surface area contributed by atoms with Crippen LogP contribution in [0.4, 0.5) is 5.69 Å². The summed E-state index contributed by atoms with van der Waals surface area (Å²) in [6.07, 6.45) is 3.60. The lowest BCUT2D eigenvalue weighted by Gasteiger charge is -2.34. The number of rotatable bonds is 7. The molecule has 0 spiro atoms. The number of anilines is 1. The van der Waals surface area contributed by atoms with Crippen LogP contribution in [0.1, 0.15) is 33.1 Å². The van der Waals surface area contributed by atoms with E-state index in [1.54, 1.807) is 7.11 Å². The van der Waals surface area contributed by atoms with E-state index in [9.17, 15) is 0 Å². The van der Waals surface area contributed by atoms with Gasteiger partial charge in [0.1, 0.15) is 5.75 Å². The first-order valence-corrected chi connectivity index (χ1v) is 9.00. The number of benzene rings is 1. The maximum absolute atomic E-state index is 5.96. The number of guanidine groups is 1. The Labute approximate surface area is 169 Å². The van der Waals surface area contributed by atoms with Crippen molar-refractivity contribution in [3.63, 3.8) is 0 Å². The van der Waals surface area contributed by atoms with Gasteiger partial charge in [-0.1, -0.05) is 26.0 Å². The van der Waals surface area contributed by atoms with E-state index in [-0.39, 0.29) is 24.0 Å². The number of unbranched alkanes of at least 4 members (excludes halogenated alkanes) is 1. The number of hydrogen-bond acceptors (Lipinski definition) is 3. The quantitative estimate of drug-likeness (QED) is 0.281. The monoisotopic (exact) mass is 460 g/mol. The SMILES string of the molecule is COc1ccccc1NC(N)=NCCCCN1CC(C)CC(C)C1.I. The van der Waals surface area contributed by atoms with Crippen molar-refractivity contribution in [2.75, 3.05) is 38.6 Å². The molecule has 0 amide bonds. The third-order valence-corrected chi connectivity index (χ3v) is 4.48. The number of para-hydroxylation sites is 2. The van der Waals surface area contributed by atoms with E-state index >= 15 is 0 Å². The number of halogens is 1. The summed E-state index contributed by atoms with van der Waals surface area (Å²) in [5.74, 6) is 2.86. The van der Waals surface area contributed by atoms with E-state index in [2.05, 4.69) is 29.1 Å². The van der Waals surface area contributed by atoms with Crippen LogP contribution in [0.15, 0.2) is 29.3 Å². The number of nitrogens with two attached hydrogens (primary N) is 1. The maximum Gasteiger partial charge on any atom is 0.193 e. The molecule has 25 heavy (non-hydrogen) atoms. The fourth-order valence-electron chi connectivity index (χ4n) is 3.55. The highest BCUT2D eigenvalue weighted by atomic mass is 127.